The summed E-state index contributed by atoms with van der Waals surface area (Å²) in [4.78, 5) is 36.0. The van der Waals surface area contributed by atoms with Gasteiger partial charge in [-0.2, -0.15) is 0 Å². The minimum absolute atomic E-state index is 0.117. The molecule has 8 heteroatoms. The van der Waals surface area contributed by atoms with Gasteiger partial charge in [-0.25, -0.2) is 4.79 Å². The van der Waals surface area contributed by atoms with Gasteiger partial charge in [-0.1, -0.05) is 19.1 Å². The van der Waals surface area contributed by atoms with Gasteiger partial charge in [0.2, 0.25) is 0 Å². The number of nitro groups is 1. The van der Waals surface area contributed by atoms with Crippen molar-refractivity contribution in [2.75, 3.05) is 6.54 Å². The van der Waals surface area contributed by atoms with Crippen molar-refractivity contribution in [1.82, 2.24) is 10.2 Å². The molecule has 8 nitrogen and oxygen atoms in total. The van der Waals surface area contributed by atoms with Gasteiger partial charge in [0.15, 0.2) is 0 Å². The van der Waals surface area contributed by atoms with E-state index in [0.717, 1.165) is 4.90 Å². The van der Waals surface area contributed by atoms with Gasteiger partial charge in [0, 0.05) is 24.7 Å². The molecule has 0 aromatic heterocycles. The molecule has 118 valence electrons. The molecule has 3 N–H and O–H groups in total. The molecule has 0 bridgehead atoms. The molecule has 0 spiro atoms. The van der Waals surface area contributed by atoms with E-state index in [4.69, 9.17) is 5.73 Å². The smallest absolute Gasteiger partial charge is 0.325 e. The highest BCUT2D eigenvalue weighted by Crippen LogP contribution is 2.30. The monoisotopic (exact) mass is 306 g/mol. The Morgan fingerprint density at radius 2 is 2.14 bits per heavy atom. The topological polar surface area (TPSA) is 119 Å². The standard InChI is InChI=1S/C14H18N4O4/c1-3-10(15)8-17-12(19)14(2,16-13(17)20)9-5-4-6-11(7-9)18(21)22/h4-7,10H,3,8,15H2,1-2H3,(H,16,20). The Bertz CT molecular complexity index is 633. The lowest BCUT2D eigenvalue weighted by Crippen LogP contribution is -2.43. The number of imide groups is 1. The van der Waals surface area contributed by atoms with Crippen LogP contribution in [0, 0.1) is 10.1 Å². The molecule has 2 unspecified atom stereocenters. The predicted octanol–water partition coefficient (Wildman–Crippen LogP) is 1.10. The molecule has 0 saturated carbocycles. The summed E-state index contributed by atoms with van der Waals surface area (Å²) in [7, 11) is 0. The van der Waals surface area contributed by atoms with Gasteiger partial charge in [0.25, 0.3) is 11.6 Å². The lowest BCUT2D eigenvalue weighted by atomic mass is 9.91. The van der Waals surface area contributed by atoms with E-state index in [1.807, 2.05) is 6.92 Å². The van der Waals surface area contributed by atoms with Crippen LogP contribution < -0.4 is 11.1 Å². The van der Waals surface area contributed by atoms with Crippen molar-refractivity contribution in [3.63, 3.8) is 0 Å². The average molecular weight is 306 g/mol. The highest BCUT2D eigenvalue weighted by Gasteiger charge is 2.49. The molecule has 1 saturated heterocycles. The van der Waals surface area contributed by atoms with Crippen LogP contribution in [0.2, 0.25) is 0 Å². The summed E-state index contributed by atoms with van der Waals surface area (Å²) in [5.41, 5.74) is 4.72. The molecule has 3 amide bonds. The Kier molecular flexibility index (Phi) is 4.14. The van der Waals surface area contributed by atoms with Crippen molar-refractivity contribution < 1.29 is 14.5 Å². The molecule has 1 aromatic carbocycles. The minimum atomic E-state index is -1.32. The van der Waals surface area contributed by atoms with Crippen molar-refractivity contribution >= 4 is 17.6 Å². The van der Waals surface area contributed by atoms with Gasteiger partial charge in [0.1, 0.15) is 5.54 Å². The number of non-ortho nitro benzene ring substituents is 1. The molecule has 2 atom stereocenters. The molecule has 1 heterocycles. The number of carbonyl (C=O) groups excluding carboxylic acids is 2. The van der Waals surface area contributed by atoms with Gasteiger partial charge >= 0.3 is 6.03 Å². The number of nitrogens with one attached hydrogen (secondary N) is 1. The van der Waals surface area contributed by atoms with Crippen LogP contribution in [-0.4, -0.2) is 34.3 Å². The van der Waals surface area contributed by atoms with Gasteiger partial charge in [-0.15, -0.1) is 0 Å². The Morgan fingerprint density at radius 3 is 2.73 bits per heavy atom. The normalized spacial score (nSPS) is 22.6. The summed E-state index contributed by atoms with van der Waals surface area (Å²) in [6.07, 6.45) is 0.630. The number of nitrogens with two attached hydrogens (primary N) is 1. The highest BCUT2D eigenvalue weighted by molar-refractivity contribution is 6.07. The Balaban J connectivity index is 2.35. The largest absolute Gasteiger partial charge is 0.326 e. The van der Waals surface area contributed by atoms with Crippen LogP contribution in [0.4, 0.5) is 10.5 Å². The molecule has 22 heavy (non-hydrogen) atoms. The average Bonchev–Trinajstić information content (AvgIpc) is 2.71. The lowest BCUT2D eigenvalue weighted by Gasteiger charge is -2.22. The Labute approximate surface area is 127 Å². The first-order valence-electron chi connectivity index (χ1n) is 6.94. The Morgan fingerprint density at radius 1 is 1.45 bits per heavy atom. The van der Waals surface area contributed by atoms with Gasteiger partial charge in [-0.05, 0) is 18.9 Å². The molecule has 0 radical (unpaired) electrons. The third-order valence-electron chi connectivity index (χ3n) is 3.85. The summed E-state index contributed by atoms with van der Waals surface area (Å²) < 4.78 is 0. The van der Waals surface area contributed by atoms with E-state index >= 15 is 0 Å². The molecule has 2 rings (SSSR count). The van der Waals surface area contributed by atoms with Crippen LogP contribution >= 0.6 is 0 Å². The highest BCUT2D eigenvalue weighted by atomic mass is 16.6. The molecular weight excluding hydrogens is 288 g/mol. The number of nitro benzene ring substituents is 1. The van der Waals surface area contributed by atoms with E-state index in [9.17, 15) is 19.7 Å². The zero-order chi connectivity index (χ0) is 16.5. The number of nitrogens with zero attached hydrogens (tertiary/aromatic N) is 2. The second kappa shape index (κ2) is 5.72. The number of amides is 3. The van der Waals surface area contributed by atoms with E-state index in [1.54, 1.807) is 6.07 Å². The third-order valence-corrected chi connectivity index (χ3v) is 3.85. The van der Waals surface area contributed by atoms with E-state index in [-0.39, 0.29) is 18.3 Å². The second-order valence-electron chi connectivity index (χ2n) is 5.45. The van der Waals surface area contributed by atoms with Crippen LogP contribution in [0.1, 0.15) is 25.8 Å². The fraction of sp³-hybridized carbons (Fsp3) is 0.429. The first-order valence-corrected chi connectivity index (χ1v) is 6.94. The van der Waals surface area contributed by atoms with Crippen molar-refractivity contribution in [1.29, 1.82) is 0 Å². The molecule has 1 aliphatic rings. The molecular formula is C14H18N4O4. The number of benzene rings is 1. The maximum absolute atomic E-state index is 12.6. The quantitative estimate of drug-likeness (QED) is 0.479. The first kappa shape index (κ1) is 15.9. The number of hydrogen-bond acceptors (Lipinski definition) is 5. The van der Waals surface area contributed by atoms with Crippen LogP contribution in [-0.2, 0) is 10.3 Å². The SMILES string of the molecule is CCC(N)CN1C(=O)NC(C)(c2cccc([N+](=O)[O-])c2)C1=O. The number of hydrogen-bond donors (Lipinski definition) is 2. The van der Waals surface area contributed by atoms with E-state index in [0.29, 0.717) is 12.0 Å². The van der Waals surface area contributed by atoms with Crippen LogP contribution in [0.25, 0.3) is 0 Å². The van der Waals surface area contributed by atoms with Crippen LogP contribution in [0.15, 0.2) is 24.3 Å². The van der Waals surface area contributed by atoms with Crippen LogP contribution in [0.3, 0.4) is 0 Å². The van der Waals surface area contributed by atoms with Gasteiger partial charge < -0.3 is 11.1 Å². The molecule has 0 aliphatic carbocycles. The van der Waals surface area contributed by atoms with E-state index in [2.05, 4.69) is 5.32 Å². The number of carbonyl (C=O) groups is 2. The third kappa shape index (κ3) is 2.64. The van der Waals surface area contributed by atoms with Crippen LogP contribution in [0.5, 0.6) is 0 Å². The summed E-state index contributed by atoms with van der Waals surface area (Å²) in [5, 5.41) is 13.5. The zero-order valence-electron chi connectivity index (χ0n) is 12.4. The molecule has 1 aliphatic heterocycles. The Hall–Kier alpha value is -2.48. The summed E-state index contributed by atoms with van der Waals surface area (Å²) in [6.45, 7) is 3.51. The maximum Gasteiger partial charge on any atom is 0.325 e. The van der Waals surface area contributed by atoms with Crippen molar-refractivity contribution in [3.8, 4) is 0 Å². The minimum Gasteiger partial charge on any atom is -0.326 e. The van der Waals surface area contributed by atoms with E-state index < -0.39 is 22.4 Å². The fourth-order valence-electron chi connectivity index (χ4n) is 2.35. The van der Waals surface area contributed by atoms with Crippen molar-refractivity contribution in [2.24, 2.45) is 5.73 Å². The van der Waals surface area contributed by atoms with Gasteiger partial charge in [0.05, 0.1) is 4.92 Å². The summed E-state index contributed by atoms with van der Waals surface area (Å²) in [6, 6.07) is 4.85. The number of urea groups is 1. The summed E-state index contributed by atoms with van der Waals surface area (Å²) >= 11 is 0. The second-order valence-corrected chi connectivity index (χ2v) is 5.45. The maximum atomic E-state index is 12.6. The van der Waals surface area contributed by atoms with E-state index in [1.165, 1.54) is 25.1 Å². The molecule has 1 aromatic rings. The first-order chi connectivity index (χ1) is 10.3. The fourth-order valence-corrected chi connectivity index (χ4v) is 2.35. The van der Waals surface area contributed by atoms with Gasteiger partial charge in [-0.3, -0.25) is 19.8 Å². The van der Waals surface area contributed by atoms with Crippen molar-refractivity contribution in [2.45, 2.75) is 31.8 Å². The zero-order valence-corrected chi connectivity index (χ0v) is 12.4. The summed E-state index contributed by atoms with van der Waals surface area (Å²) in [5.74, 6) is -0.457. The van der Waals surface area contributed by atoms with Crippen molar-refractivity contribution in [3.05, 3.63) is 39.9 Å². The predicted molar refractivity (Wildman–Crippen MR) is 79.0 cm³/mol. The molecule has 1 fully saturated rings. The lowest BCUT2D eigenvalue weighted by molar-refractivity contribution is -0.385. The number of rotatable bonds is 5.